The summed E-state index contributed by atoms with van der Waals surface area (Å²) < 4.78 is 0. The van der Waals surface area contributed by atoms with E-state index in [1.165, 1.54) is 19.3 Å². The summed E-state index contributed by atoms with van der Waals surface area (Å²) in [4.78, 5) is 10.2. The first-order valence-corrected chi connectivity index (χ1v) is 6.88. The standard InChI is InChI=1S/C15H19N3O/c19-11-13-14(12-7-3-1-4-8-12)17-15(16-13)18-9-5-2-6-10-18/h1,3-4,7-8,19H,2,5-6,9-11H2,(H,16,17). The molecule has 1 aromatic heterocycles. The lowest BCUT2D eigenvalue weighted by atomic mass is 10.1. The first-order valence-electron chi connectivity index (χ1n) is 6.88. The lowest BCUT2D eigenvalue weighted by molar-refractivity contribution is 0.278. The van der Waals surface area contributed by atoms with Gasteiger partial charge in [-0.25, -0.2) is 4.98 Å². The number of benzene rings is 1. The Morgan fingerprint density at radius 1 is 1.11 bits per heavy atom. The second-order valence-electron chi connectivity index (χ2n) is 4.96. The van der Waals surface area contributed by atoms with E-state index in [1.807, 2.05) is 30.3 Å². The van der Waals surface area contributed by atoms with Crippen molar-refractivity contribution >= 4 is 5.95 Å². The molecule has 0 aliphatic carbocycles. The molecule has 0 radical (unpaired) electrons. The number of nitrogens with zero attached hydrogens (tertiary/aromatic N) is 2. The van der Waals surface area contributed by atoms with Gasteiger partial charge in [-0.05, 0) is 19.3 Å². The number of aliphatic hydroxyl groups excluding tert-OH is 1. The fourth-order valence-corrected chi connectivity index (χ4v) is 2.60. The van der Waals surface area contributed by atoms with Crippen LogP contribution in [0.4, 0.5) is 5.95 Å². The third kappa shape index (κ3) is 2.49. The van der Waals surface area contributed by atoms with Crippen LogP contribution in [-0.4, -0.2) is 28.2 Å². The van der Waals surface area contributed by atoms with Crippen molar-refractivity contribution in [2.75, 3.05) is 18.0 Å². The Kier molecular flexibility index (Phi) is 3.51. The minimum atomic E-state index is -0.00886. The van der Waals surface area contributed by atoms with Crippen LogP contribution in [0.1, 0.15) is 25.0 Å². The molecule has 1 aromatic carbocycles. The SMILES string of the molecule is OCc1[nH]c(N2CCCCC2)nc1-c1ccccc1. The Balaban J connectivity index is 1.94. The second kappa shape index (κ2) is 5.45. The Morgan fingerprint density at radius 2 is 1.84 bits per heavy atom. The summed E-state index contributed by atoms with van der Waals surface area (Å²) in [5.74, 6) is 0.891. The number of rotatable bonds is 3. The van der Waals surface area contributed by atoms with Gasteiger partial charge in [-0.1, -0.05) is 30.3 Å². The zero-order valence-electron chi connectivity index (χ0n) is 11.0. The molecule has 1 aliphatic heterocycles. The van der Waals surface area contributed by atoms with Gasteiger partial charge < -0.3 is 15.0 Å². The van der Waals surface area contributed by atoms with Crippen LogP contribution in [0.15, 0.2) is 30.3 Å². The van der Waals surface area contributed by atoms with Crippen molar-refractivity contribution in [3.8, 4) is 11.3 Å². The van der Waals surface area contributed by atoms with Crippen LogP contribution in [0.5, 0.6) is 0 Å². The van der Waals surface area contributed by atoms with E-state index in [1.54, 1.807) is 0 Å². The Labute approximate surface area is 113 Å². The molecule has 3 rings (SSSR count). The highest BCUT2D eigenvalue weighted by atomic mass is 16.3. The van der Waals surface area contributed by atoms with E-state index in [0.29, 0.717) is 0 Å². The second-order valence-corrected chi connectivity index (χ2v) is 4.96. The molecular weight excluding hydrogens is 238 g/mol. The predicted octanol–water partition coefficient (Wildman–Crippen LogP) is 2.56. The van der Waals surface area contributed by atoms with Crippen LogP contribution < -0.4 is 4.90 Å². The number of piperidine rings is 1. The van der Waals surface area contributed by atoms with E-state index in [4.69, 9.17) is 0 Å². The van der Waals surface area contributed by atoms with Crippen LogP contribution in [0.25, 0.3) is 11.3 Å². The maximum atomic E-state index is 9.50. The van der Waals surface area contributed by atoms with E-state index in [-0.39, 0.29) is 6.61 Å². The summed E-state index contributed by atoms with van der Waals surface area (Å²) in [6.45, 7) is 2.09. The number of aromatic nitrogens is 2. The fourth-order valence-electron chi connectivity index (χ4n) is 2.60. The Morgan fingerprint density at radius 3 is 2.53 bits per heavy atom. The molecule has 19 heavy (non-hydrogen) atoms. The molecule has 1 saturated heterocycles. The minimum absolute atomic E-state index is 0.00886. The van der Waals surface area contributed by atoms with Crippen molar-refractivity contribution in [2.24, 2.45) is 0 Å². The summed E-state index contributed by atoms with van der Waals surface area (Å²) in [5, 5.41) is 9.50. The molecule has 2 aromatic rings. The lowest BCUT2D eigenvalue weighted by Gasteiger charge is -2.25. The van der Waals surface area contributed by atoms with Crippen LogP contribution in [-0.2, 0) is 6.61 Å². The van der Waals surface area contributed by atoms with Gasteiger partial charge >= 0.3 is 0 Å². The van der Waals surface area contributed by atoms with Crippen molar-refractivity contribution in [3.05, 3.63) is 36.0 Å². The fraction of sp³-hybridized carbons (Fsp3) is 0.400. The molecule has 0 atom stereocenters. The highest BCUT2D eigenvalue weighted by Gasteiger charge is 2.17. The van der Waals surface area contributed by atoms with Gasteiger partial charge in [-0.15, -0.1) is 0 Å². The highest BCUT2D eigenvalue weighted by molar-refractivity contribution is 5.64. The van der Waals surface area contributed by atoms with Gasteiger partial charge in [0, 0.05) is 18.7 Å². The average Bonchev–Trinajstić information content (AvgIpc) is 2.93. The van der Waals surface area contributed by atoms with Gasteiger partial charge in [0.1, 0.15) is 0 Å². The van der Waals surface area contributed by atoms with Gasteiger partial charge in [-0.3, -0.25) is 0 Å². The molecule has 0 saturated carbocycles. The number of imidazole rings is 1. The van der Waals surface area contributed by atoms with Crippen LogP contribution in [0.2, 0.25) is 0 Å². The average molecular weight is 257 g/mol. The number of aromatic amines is 1. The molecule has 2 N–H and O–H groups in total. The van der Waals surface area contributed by atoms with Gasteiger partial charge in [0.25, 0.3) is 0 Å². The van der Waals surface area contributed by atoms with Gasteiger partial charge in [-0.2, -0.15) is 0 Å². The molecule has 0 unspecified atom stereocenters. The highest BCUT2D eigenvalue weighted by Crippen LogP contribution is 2.26. The zero-order chi connectivity index (χ0) is 13.1. The third-order valence-electron chi connectivity index (χ3n) is 3.63. The zero-order valence-corrected chi connectivity index (χ0v) is 11.0. The molecule has 0 spiro atoms. The summed E-state index contributed by atoms with van der Waals surface area (Å²) in [5.41, 5.74) is 2.71. The summed E-state index contributed by atoms with van der Waals surface area (Å²) in [7, 11) is 0. The number of hydrogen-bond donors (Lipinski definition) is 2. The van der Waals surface area contributed by atoms with Crippen molar-refractivity contribution in [3.63, 3.8) is 0 Å². The molecule has 1 aliphatic rings. The van der Waals surface area contributed by atoms with Crippen LogP contribution >= 0.6 is 0 Å². The first kappa shape index (κ1) is 12.2. The first-order chi connectivity index (χ1) is 9.38. The third-order valence-corrected chi connectivity index (χ3v) is 3.63. The molecule has 4 heteroatoms. The van der Waals surface area contributed by atoms with E-state index in [0.717, 1.165) is 36.0 Å². The van der Waals surface area contributed by atoms with Gasteiger partial charge in [0.05, 0.1) is 18.0 Å². The Bertz CT molecular complexity index is 530. The maximum Gasteiger partial charge on any atom is 0.203 e. The molecule has 1 fully saturated rings. The molecule has 2 heterocycles. The van der Waals surface area contributed by atoms with E-state index < -0.39 is 0 Å². The maximum absolute atomic E-state index is 9.50. The molecule has 100 valence electrons. The number of nitrogens with one attached hydrogen (secondary N) is 1. The summed E-state index contributed by atoms with van der Waals surface area (Å²) in [6.07, 6.45) is 3.74. The molecule has 0 amide bonds. The quantitative estimate of drug-likeness (QED) is 0.888. The van der Waals surface area contributed by atoms with Crippen molar-refractivity contribution in [1.82, 2.24) is 9.97 Å². The smallest absolute Gasteiger partial charge is 0.203 e. The normalized spacial score (nSPS) is 15.7. The van der Waals surface area contributed by atoms with Crippen molar-refractivity contribution in [1.29, 1.82) is 0 Å². The summed E-state index contributed by atoms with van der Waals surface area (Å²) in [6, 6.07) is 10.0. The molecule has 4 nitrogen and oxygen atoms in total. The van der Waals surface area contributed by atoms with E-state index in [9.17, 15) is 5.11 Å². The number of hydrogen-bond acceptors (Lipinski definition) is 3. The van der Waals surface area contributed by atoms with Crippen LogP contribution in [0, 0.1) is 0 Å². The number of H-pyrrole nitrogens is 1. The lowest BCUT2D eigenvalue weighted by Crippen LogP contribution is -2.30. The van der Waals surface area contributed by atoms with Crippen molar-refractivity contribution in [2.45, 2.75) is 25.9 Å². The minimum Gasteiger partial charge on any atom is -0.390 e. The van der Waals surface area contributed by atoms with E-state index >= 15 is 0 Å². The summed E-state index contributed by atoms with van der Waals surface area (Å²) >= 11 is 0. The van der Waals surface area contributed by atoms with Crippen molar-refractivity contribution < 1.29 is 5.11 Å². The topological polar surface area (TPSA) is 52.1 Å². The number of anilines is 1. The predicted molar refractivity (Wildman–Crippen MR) is 76.0 cm³/mol. The van der Waals surface area contributed by atoms with Gasteiger partial charge in [0.2, 0.25) is 5.95 Å². The largest absolute Gasteiger partial charge is 0.390 e. The van der Waals surface area contributed by atoms with E-state index in [2.05, 4.69) is 14.9 Å². The van der Waals surface area contributed by atoms with Crippen LogP contribution in [0.3, 0.4) is 0 Å². The molecular formula is C15H19N3O. The Hall–Kier alpha value is -1.81. The molecule has 0 bridgehead atoms. The number of aliphatic hydroxyl groups is 1. The monoisotopic (exact) mass is 257 g/mol. The van der Waals surface area contributed by atoms with Gasteiger partial charge in [0.15, 0.2) is 0 Å².